The first kappa shape index (κ1) is 19.7. The van der Waals surface area contributed by atoms with Crippen molar-refractivity contribution in [3.8, 4) is 0 Å². The Morgan fingerprint density at radius 1 is 1.20 bits per heavy atom. The van der Waals surface area contributed by atoms with Gasteiger partial charge in [0.1, 0.15) is 0 Å². The molecule has 1 aromatic rings. The Bertz CT molecular complexity index is 703. The zero-order valence-corrected chi connectivity index (χ0v) is 16.0. The lowest BCUT2D eigenvalue weighted by atomic mass is 9.86. The van der Waals surface area contributed by atoms with Gasteiger partial charge in [-0.15, -0.1) is 0 Å². The Morgan fingerprint density at radius 2 is 1.84 bits per heavy atom. The Morgan fingerprint density at radius 3 is 2.40 bits per heavy atom. The maximum atomic E-state index is 12.2. The highest BCUT2D eigenvalue weighted by Gasteiger charge is 2.32. The van der Waals surface area contributed by atoms with Crippen molar-refractivity contribution in [1.82, 2.24) is 4.72 Å². The molecule has 1 saturated carbocycles. The summed E-state index contributed by atoms with van der Waals surface area (Å²) in [4.78, 5) is 11.2. The normalized spacial score (nSPS) is 21.7. The second-order valence-corrected chi connectivity index (χ2v) is 10.2. The number of nitrogens with two attached hydrogens (primary N) is 1. The quantitative estimate of drug-likeness (QED) is 0.719. The predicted octanol–water partition coefficient (Wildman–Crippen LogP) is 2.47. The predicted molar refractivity (Wildman–Crippen MR) is 101 cm³/mol. The van der Waals surface area contributed by atoms with Crippen molar-refractivity contribution in [2.24, 2.45) is 11.7 Å². The maximum absolute atomic E-state index is 12.2. The summed E-state index contributed by atoms with van der Waals surface area (Å²) in [7, 11) is -3.29. The van der Waals surface area contributed by atoms with E-state index in [0.29, 0.717) is 11.5 Å². The van der Waals surface area contributed by atoms with Gasteiger partial charge >= 0.3 is 0 Å². The second-order valence-electron chi connectivity index (χ2n) is 7.78. The van der Waals surface area contributed by atoms with E-state index >= 15 is 0 Å². The van der Waals surface area contributed by atoms with Gasteiger partial charge in [0.25, 0.3) is 0 Å². The van der Waals surface area contributed by atoms with Crippen LogP contribution in [-0.2, 0) is 10.0 Å². The average molecular weight is 368 g/mol. The molecule has 140 valence electrons. The summed E-state index contributed by atoms with van der Waals surface area (Å²) in [6, 6.07) is 7.19. The first-order valence-corrected chi connectivity index (χ1v) is 10.2. The molecule has 25 heavy (non-hydrogen) atoms. The molecule has 0 atom stereocenters. The van der Waals surface area contributed by atoms with Crippen LogP contribution < -0.4 is 15.8 Å². The van der Waals surface area contributed by atoms with Crippen molar-refractivity contribution < 1.29 is 13.2 Å². The Labute approximate surface area is 150 Å². The molecule has 1 aromatic carbocycles. The van der Waals surface area contributed by atoms with Crippen molar-refractivity contribution in [3.05, 3.63) is 29.8 Å². The van der Waals surface area contributed by atoms with E-state index in [1.807, 2.05) is 6.07 Å². The molecule has 0 radical (unpaired) electrons. The number of amides is 1. The van der Waals surface area contributed by atoms with Crippen LogP contribution in [0.4, 0.5) is 5.69 Å². The van der Waals surface area contributed by atoms with Gasteiger partial charge < -0.3 is 11.1 Å². The molecular formula is C18H29N3O3S. The zero-order chi connectivity index (χ0) is 18.7. The molecule has 0 spiro atoms. The van der Waals surface area contributed by atoms with E-state index in [0.717, 1.165) is 37.9 Å². The first-order valence-electron chi connectivity index (χ1n) is 8.74. The lowest BCUT2D eigenvalue weighted by Crippen LogP contribution is -2.46. The summed E-state index contributed by atoms with van der Waals surface area (Å²) >= 11 is 0. The van der Waals surface area contributed by atoms with Gasteiger partial charge in [0.2, 0.25) is 15.9 Å². The molecule has 1 fully saturated rings. The van der Waals surface area contributed by atoms with Crippen LogP contribution in [0, 0.1) is 5.92 Å². The number of sulfonamides is 1. The fraction of sp³-hybridized carbons (Fsp3) is 0.611. The average Bonchev–Trinajstić information content (AvgIpc) is 2.53. The molecule has 0 aliphatic heterocycles. The third-order valence-corrected chi connectivity index (χ3v) is 6.97. The topological polar surface area (TPSA) is 101 Å². The maximum Gasteiger partial charge on any atom is 0.248 e. The monoisotopic (exact) mass is 367 g/mol. The largest absolute Gasteiger partial charge is 0.385 e. The van der Waals surface area contributed by atoms with Crippen molar-refractivity contribution >= 4 is 21.6 Å². The van der Waals surface area contributed by atoms with Crippen molar-refractivity contribution in [3.63, 3.8) is 0 Å². The van der Waals surface area contributed by atoms with Crippen LogP contribution in [0.2, 0.25) is 0 Å². The highest BCUT2D eigenvalue weighted by Crippen LogP contribution is 2.26. The van der Waals surface area contributed by atoms with Gasteiger partial charge in [-0.2, -0.15) is 0 Å². The van der Waals surface area contributed by atoms with E-state index < -0.39 is 20.7 Å². The molecule has 0 bridgehead atoms. The third-order valence-electron chi connectivity index (χ3n) is 4.72. The molecule has 1 aliphatic rings. The van der Waals surface area contributed by atoms with Crippen LogP contribution in [0.25, 0.3) is 0 Å². The molecule has 0 aromatic heterocycles. The van der Waals surface area contributed by atoms with E-state index in [1.165, 1.54) is 0 Å². The molecule has 7 heteroatoms. The van der Waals surface area contributed by atoms with Gasteiger partial charge in [-0.05, 0) is 70.6 Å². The van der Waals surface area contributed by atoms with Gasteiger partial charge in [-0.1, -0.05) is 6.07 Å². The minimum absolute atomic E-state index is 0.0265. The summed E-state index contributed by atoms with van der Waals surface area (Å²) in [5.74, 6) is 0.0583. The van der Waals surface area contributed by atoms with E-state index in [2.05, 4.69) is 10.0 Å². The minimum Gasteiger partial charge on any atom is -0.385 e. The number of hydrogen-bond acceptors (Lipinski definition) is 4. The van der Waals surface area contributed by atoms with E-state index in [4.69, 9.17) is 5.73 Å². The Balaban J connectivity index is 1.81. The molecule has 4 N–H and O–H groups in total. The first-order chi connectivity index (χ1) is 11.6. The molecule has 0 saturated heterocycles. The van der Waals surface area contributed by atoms with Gasteiger partial charge in [0.05, 0.1) is 4.75 Å². The van der Waals surface area contributed by atoms with E-state index in [-0.39, 0.29) is 6.04 Å². The summed E-state index contributed by atoms with van der Waals surface area (Å²) in [5, 5.41) is 3.35. The van der Waals surface area contributed by atoms with Crippen LogP contribution in [0.15, 0.2) is 24.3 Å². The number of carbonyl (C=O) groups excluding carboxylic acids is 1. The number of nitrogens with one attached hydrogen (secondary N) is 2. The third kappa shape index (κ3) is 5.44. The summed E-state index contributed by atoms with van der Waals surface area (Å²) in [6.07, 6.45) is 3.64. The number of carbonyl (C=O) groups is 1. The highest BCUT2D eigenvalue weighted by atomic mass is 32.2. The summed E-state index contributed by atoms with van der Waals surface area (Å²) in [5.41, 5.74) is 6.67. The Kier molecular flexibility index (Phi) is 6.11. The standard InChI is InChI=1S/C18H29N3O3S/c1-18(2,3)25(23,24)21-15-9-7-13(8-10-15)12-20-16-6-4-5-14(11-16)17(19)22/h4-6,11,13,15,20-21H,7-10,12H2,1-3H3,(H2,19,22). The number of primary amides is 1. The van der Waals surface area contributed by atoms with E-state index in [1.54, 1.807) is 39.0 Å². The molecule has 2 rings (SSSR count). The molecular weight excluding hydrogens is 338 g/mol. The van der Waals surface area contributed by atoms with Gasteiger partial charge in [0.15, 0.2) is 0 Å². The smallest absolute Gasteiger partial charge is 0.248 e. The molecule has 6 nitrogen and oxygen atoms in total. The minimum atomic E-state index is -3.29. The zero-order valence-electron chi connectivity index (χ0n) is 15.2. The lowest BCUT2D eigenvalue weighted by molar-refractivity contribution is 0.100. The molecule has 1 amide bonds. The second kappa shape index (κ2) is 7.74. The van der Waals surface area contributed by atoms with Crippen molar-refractivity contribution in [1.29, 1.82) is 0 Å². The molecule has 0 heterocycles. The summed E-state index contributed by atoms with van der Waals surface area (Å²) in [6.45, 7) is 5.95. The lowest BCUT2D eigenvalue weighted by Gasteiger charge is -2.31. The van der Waals surface area contributed by atoms with Gasteiger partial charge in [-0.25, -0.2) is 13.1 Å². The molecule has 0 unspecified atom stereocenters. The van der Waals surface area contributed by atoms with Gasteiger partial charge in [-0.3, -0.25) is 4.79 Å². The SMILES string of the molecule is CC(C)(C)S(=O)(=O)NC1CCC(CNc2cccc(C(N)=O)c2)CC1. The fourth-order valence-electron chi connectivity index (χ4n) is 2.93. The number of benzene rings is 1. The summed E-state index contributed by atoms with van der Waals surface area (Å²) < 4.78 is 26.5. The fourth-order valence-corrected chi connectivity index (χ4v) is 3.95. The van der Waals surface area contributed by atoms with Crippen LogP contribution >= 0.6 is 0 Å². The van der Waals surface area contributed by atoms with E-state index in [9.17, 15) is 13.2 Å². The van der Waals surface area contributed by atoms with Crippen LogP contribution in [0.3, 0.4) is 0 Å². The highest BCUT2D eigenvalue weighted by molar-refractivity contribution is 7.90. The number of hydrogen-bond donors (Lipinski definition) is 3. The van der Waals surface area contributed by atoms with Crippen LogP contribution in [0.5, 0.6) is 0 Å². The Hall–Kier alpha value is -1.60. The molecule has 1 aliphatic carbocycles. The number of rotatable bonds is 6. The van der Waals surface area contributed by atoms with Crippen LogP contribution in [0.1, 0.15) is 56.8 Å². The number of anilines is 1. The van der Waals surface area contributed by atoms with Gasteiger partial charge in [0, 0.05) is 23.8 Å². The van der Waals surface area contributed by atoms with Crippen molar-refractivity contribution in [2.45, 2.75) is 57.2 Å². The van der Waals surface area contributed by atoms with Crippen molar-refractivity contribution in [2.75, 3.05) is 11.9 Å². The van der Waals surface area contributed by atoms with Crippen LogP contribution in [-0.4, -0.2) is 31.7 Å².